The molecule has 0 amide bonds. The quantitative estimate of drug-likeness (QED) is 0.843. The Hall–Kier alpha value is -1.94. The highest BCUT2D eigenvalue weighted by Crippen LogP contribution is 2.22. The third-order valence-electron chi connectivity index (χ3n) is 2.33. The van der Waals surface area contributed by atoms with E-state index in [1.165, 1.54) is 0 Å². The second kappa shape index (κ2) is 4.93. The summed E-state index contributed by atoms with van der Waals surface area (Å²) in [6.07, 6.45) is 3.37. The Morgan fingerprint density at radius 2 is 2.12 bits per heavy atom. The lowest BCUT2D eigenvalue weighted by atomic mass is 10.1. The van der Waals surface area contributed by atoms with Gasteiger partial charge in [-0.1, -0.05) is 12.2 Å². The first-order chi connectivity index (χ1) is 8.16. The van der Waals surface area contributed by atoms with Crippen LogP contribution in [-0.4, -0.2) is 9.97 Å². The largest absolute Gasteiger partial charge is 0.456 e. The third-order valence-corrected chi connectivity index (χ3v) is 2.55. The number of benzene rings is 1. The summed E-state index contributed by atoms with van der Waals surface area (Å²) in [6.45, 7) is 1.95. The zero-order chi connectivity index (χ0) is 12.3. The molecule has 0 fully saturated rings. The van der Waals surface area contributed by atoms with E-state index in [2.05, 4.69) is 4.98 Å². The van der Waals surface area contributed by atoms with Gasteiger partial charge in [0.05, 0.1) is 6.20 Å². The molecule has 4 heteroatoms. The number of nitrogens with two attached hydrogens (primary N) is 1. The predicted molar refractivity (Wildman–Crippen MR) is 71.4 cm³/mol. The van der Waals surface area contributed by atoms with Gasteiger partial charge in [-0.25, -0.2) is 0 Å². The summed E-state index contributed by atoms with van der Waals surface area (Å²) in [6, 6.07) is 9.29. The molecule has 0 aliphatic carbocycles. The fourth-order valence-electron chi connectivity index (χ4n) is 1.52. The van der Waals surface area contributed by atoms with Gasteiger partial charge in [-0.05, 0) is 42.8 Å². The normalized spacial score (nSPS) is 9.94. The number of pyridine rings is 1. The summed E-state index contributed by atoms with van der Waals surface area (Å²) in [5, 5.41) is 0. The summed E-state index contributed by atoms with van der Waals surface area (Å²) in [7, 11) is 0. The predicted octanol–water partition coefficient (Wildman–Crippen LogP) is 2.82. The van der Waals surface area contributed by atoms with Crippen molar-refractivity contribution in [1.82, 2.24) is 4.98 Å². The Morgan fingerprint density at radius 1 is 1.29 bits per heavy atom. The highest BCUT2D eigenvalue weighted by atomic mass is 32.1. The summed E-state index contributed by atoms with van der Waals surface area (Å²) in [5.74, 6) is 1.45. The van der Waals surface area contributed by atoms with Crippen LogP contribution in [0.2, 0.25) is 0 Å². The van der Waals surface area contributed by atoms with Crippen molar-refractivity contribution in [2.75, 3.05) is 0 Å². The van der Waals surface area contributed by atoms with Gasteiger partial charge in [0, 0.05) is 11.8 Å². The smallest absolute Gasteiger partial charge is 0.145 e. The number of thiocarbonyl (C=S) groups is 1. The minimum absolute atomic E-state index is 0.399. The van der Waals surface area contributed by atoms with Crippen molar-refractivity contribution in [3.63, 3.8) is 0 Å². The number of ether oxygens (including phenoxy) is 1. The average molecular weight is 244 g/mol. The van der Waals surface area contributed by atoms with Crippen LogP contribution in [0.4, 0.5) is 0 Å². The molecule has 0 bridgehead atoms. The molecule has 0 radical (unpaired) electrons. The standard InChI is InChI=1S/C13H12N2OS/c1-9-7-10(4-5-12(9)13(14)17)16-11-3-2-6-15-8-11/h2-8H,1H3,(H2,14,17). The van der Waals surface area contributed by atoms with Crippen LogP contribution in [0.3, 0.4) is 0 Å². The Bertz CT molecular complexity index is 540. The summed E-state index contributed by atoms with van der Waals surface area (Å²) >= 11 is 4.95. The van der Waals surface area contributed by atoms with Gasteiger partial charge in [-0.2, -0.15) is 0 Å². The second-order valence-corrected chi connectivity index (χ2v) is 4.07. The van der Waals surface area contributed by atoms with Crippen molar-refractivity contribution in [1.29, 1.82) is 0 Å². The number of hydrogen-bond donors (Lipinski definition) is 1. The van der Waals surface area contributed by atoms with E-state index >= 15 is 0 Å². The topological polar surface area (TPSA) is 48.1 Å². The molecule has 2 N–H and O–H groups in total. The minimum Gasteiger partial charge on any atom is -0.456 e. The van der Waals surface area contributed by atoms with Gasteiger partial charge in [0.15, 0.2) is 0 Å². The van der Waals surface area contributed by atoms with Crippen molar-refractivity contribution in [2.24, 2.45) is 5.73 Å². The van der Waals surface area contributed by atoms with E-state index in [0.717, 1.165) is 16.9 Å². The molecule has 86 valence electrons. The summed E-state index contributed by atoms with van der Waals surface area (Å²) < 4.78 is 5.65. The van der Waals surface area contributed by atoms with Crippen molar-refractivity contribution in [3.05, 3.63) is 53.9 Å². The third kappa shape index (κ3) is 2.79. The van der Waals surface area contributed by atoms with E-state index in [9.17, 15) is 0 Å². The van der Waals surface area contributed by atoms with Crippen LogP contribution < -0.4 is 10.5 Å². The molecular weight excluding hydrogens is 232 g/mol. The molecule has 17 heavy (non-hydrogen) atoms. The lowest BCUT2D eigenvalue weighted by Crippen LogP contribution is -2.10. The first kappa shape index (κ1) is 11.5. The van der Waals surface area contributed by atoms with Gasteiger partial charge in [0.1, 0.15) is 16.5 Å². The number of rotatable bonds is 3. The molecular formula is C13H12N2OS. The zero-order valence-corrected chi connectivity index (χ0v) is 10.2. The molecule has 0 aliphatic heterocycles. The highest BCUT2D eigenvalue weighted by Gasteiger charge is 2.03. The van der Waals surface area contributed by atoms with Gasteiger partial charge in [0.25, 0.3) is 0 Å². The maximum atomic E-state index is 5.65. The van der Waals surface area contributed by atoms with E-state index < -0.39 is 0 Å². The van der Waals surface area contributed by atoms with Gasteiger partial charge in [-0.15, -0.1) is 0 Å². The molecule has 2 rings (SSSR count). The summed E-state index contributed by atoms with van der Waals surface area (Å²) in [4.78, 5) is 4.38. The Kier molecular flexibility index (Phi) is 3.35. The molecule has 0 saturated heterocycles. The minimum atomic E-state index is 0.399. The Labute approximate surface area is 105 Å². The monoisotopic (exact) mass is 244 g/mol. The molecule has 1 heterocycles. The lowest BCUT2D eigenvalue weighted by molar-refractivity contribution is 0.480. The van der Waals surface area contributed by atoms with Crippen LogP contribution in [0.25, 0.3) is 0 Å². The Balaban J connectivity index is 2.24. The zero-order valence-electron chi connectivity index (χ0n) is 9.38. The van der Waals surface area contributed by atoms with Crippen molar-refractivity contribution >= 4 is 17.2 Å². The maximum Gasteiger partial charge on any atom is 0.145 e. The molecule has 1 aromatic heterocycles. The van der Waals surface area contributed by atoms with Crippen LogP contribution in [0.15, 0.2) is 42.7 Å². The molecule has 0 saturated carbocycles. The summed E-state index contributed by atoms with van der Waals surface area (Å²) in [5.41, 5.74) is 7.47. The van der Waals surface area contributed by atoms with Crippen LogP contribution >= 0.6 is 12.2 Å². The van der Waals surface area contributed by atoms with Crippen LogP contribution in [0.1, 0.15) is 11.1 Å². The van der Waals surface area contributed by atoms with E-state index in [4.69, 9.17) is 22.7 Å². The fraction of sp³-hybridized carbons (Fsp3) is 0.0769. The SMILES string of the molecule is Cc1cc(Oc2cccnc2)ccc1C(N)=S. The van der Waals surface area contributed by atoms with Crippen molar-refractivity contribution in [2.45, 2.75) is 6.92 Å². The average Bonchev–Trinajstić information content (AvgIpc) is 2.30. The molecule has 1 aromatic carbocycles. The van der Waals surface area contributed by atoms with Gasteiger partial charge in [0.2, 0.25) is 0 Å². The maximum absolute atomic E-state index is 5.65. The van der Waals surface area contributed by atoms with Crippen molar-refractivity contribution in [3.8, 4) is 11.5 Å². The van der Waals surface area contributed by atoms with Crippen molar-refractivity contribution < 1.29 is 4.74 Å². The molecule has 0 spiro atoms. The van der Waals surface area contributed by atoms with Crippen LogP contribution in [0.5, 0.6) is 11.5 Å². The van der Waals surface area contributed by atoms with Crippen LogP contribution in [-0.2, 0) is 0 Å². The van der Waals surface area contributed by atoms with E-state index in [1.54, 1.807) is 12.4 Å². The van der Waals surface area contributed by atoms with Gasteiger partial charge < -0.3 is 10.5 Å². The second-order valence-electron chi connectivity index (χ2n) is 3.63. The number of nitrogens with zero attached hydrogens (tertiary/aromatic N) is 1. The number of aromatic nitrogens is 1. The van der Waals surface area contributed by atoms with Crippen LogP contribution in [0, 0.1) is 6.92 Å². The van der Waals surface area contributed by atoms with E-state index in [-0.39, 0.29) is 0 Å². The molecule has 0 aliphatic rings. The molecule has 3 nitrogen and oxygen atoms in total. The van der Waals surface area contributed by atoms with E-state index in [0.29, 0.717) is 10.7 Å². The molecule has 0 atom stereocenters. The highest BCUT2D eigenvalue weighted by molar-refractivity contribution is 7.80. The Morgan fingerprint density at radius 3 is 2.71 bits per heavy atom. The lowest BCUT2D eigenvalue weighted by Gasteiger charge is -2.08. The molecule has 2 aromatic rings. The first-order valence-electron chi connectivity index (χ1n) is 5.15. The fourth-order valence-corrected chi connectivity index (χ4v) is 1.75. The van der Waals surface area contributed by atoms with Gasteiger partial charge >= 0.3 is 0 Å². The van der Waals surface area contributed by atoms with Gasteiger partial charge in [-0.3, -0.25) is 4.98 Å². The number of hydrogen-bond acceptors (Lipinski definition) is 3. The number of aryl methyl sites for hydroxylation is 1. The first-order valence-corrected chi connectivity index (χ1v) is 5.56. The van der Waals surface area contributed by atoms with E-state index in [1.807, 2.05) is 37.3 Å². The molecule has 0 unspecified atom stereocenters.